The lowest BCUT2D eigenvalue weighted by atomic mass is 10.2. The first-order valence-electron chi connectivity index (χ1n) is 8.08. The van der Waals surface area contributed by atoms with Crippen molar-refractivity contribution in [2.45, 2.75) is 26.3 Å². The summed E-state index contributed by atoms with van der Waals surface area (Å²) in [6.45, 7) is 7.91. The molecule has 3 rings (SSSR count). The third kappa shape index (κ3) is 3.58. The molecule has 0 aliphatic carbocycles. The quantitative estimate of drug-likeness (QED) is 0.829. The van der Waals surface area contributed by atoms with Crippen LogP contribution in [0.25, 0.3) is 11.2 Å². The Morgan fingerprint density at radius 2 is 2.09 bits per heavy atom. The van der Waals surface area contributed by atoms with E-state index in [1.54, 1.807) is 12.7 Å². The summed E-state index contributed by atoms with van der Waals surface area (Å²) in [5, 5.41) is 3.01. The van der Waals surface area contributed by atoms with Crippen molar-refractivity contribution >= 4 is 22.9 Å². The smallest absolute Gasteiger partial charge is 0.234 e. The van der Waals surface area contributed by atoms with Gasteiger partial charge in [-0.1, -0.05) is 6.92 Å². The molecule has 0 spiro atoms. The molecule has 1 saturated heterocycles. The first kappa shape index (κ1) is 15.7. The van der Waals surface area contributed by atoms with Gasteiger partial charge in [0, 0.05) is 32.2 Å². The van der Waals surface area contributed by atoms with Crippen LogP contribution >= 0.6 is 0 Å². The lowest BCUT2D eigenvalue weighted by Gasteiger charge is -2.35. The van der Waals surface area contributed by atoms with Crippen LogP contribution in [0, 0.1) is 0 Å². The van der Waals surface area contributed by atoms with E-state index in [1.165, 1.54) is 0 Å². The van der Waals surface area contributed by atoms with Gasteiger partial charge in [0.1, 0.15) is 11.8 Å². The third-order valence-electron chi connectivity index (χ3n) is 4.26. The van der Waals surface area contributed by atoms with Crippen molar-refractivity contribution in [3.05, 3.63) is 12.7 Å². The number of hydrogen-bond acceptors (Lipinski definition) is 6. The number of H-pyrrole nitrogens is 1. The number of fused-ring (bicyclic) bond motifs is 1. The summed E-state index contributed by atoms with van der Waals surface area (Å²) in [5.74, 6) is 0.988. The molecule has 2 N–H and O–H groups in total. The van der Waals surface area contributed by atoms with Crippen LogP contribution in [0.15, 0.2) is 12.7 Å². The van der Waals surface area contributed by atoms with Crippen molar-refractivity contribution in [2.75, 3.05) is 37.6 Å². The van der Waals surface area contributed by atoms with Crippen LogP contribution in [0.2, 0.25) is 0 Å². The number of carbonyl (C=O) groups is 1. The van der Waals surface area contributed by atoms with E-state index in [4.69, 9.17) is 0 Å². The van der Waals surface area contributed by atoms with Crippen LogP contribution in [-0.4, -0.2) is 69.5 Å². The highest BCUT2D eigenvalue weighted by Crippen LogP contribution is 2.20. The molecule has 0 radical (unpaired) electrons. The number of amides is 1. The van der Waals surface area contributed by atoms with E-state index < -0.39 is 0 Å². The van der Waals surface area contributed by atoms with E-state index >= 15 is 0 Å². The van der Waals surface area contributed by atoms with Gasteiger partial charge in [-0.3, -0.25) is 9.69 Å². The number of rotatable bonds is 5. The zero-order valence-corrected chi connectivity index (χ0v) is 13.6. The van der Waals surface area contributed by atoms with Gasteiger partial charge in [-0.15, -0.1) is 0 Å². The summed E-state index contributed by atoms with van der Waals surface area (Å²) in [4.78, 5) is 32.2. The second-order valence-electron chi connectivity index (χ2n) is 5.94. The topological polar surface area (TPSA) is 90.0 Å². The molecule has 124 valence electrons. The molecule has 23 heavy (non-hydrogen) atoms. The molecule has 1 unspecified atom stereocenters. The van der Waals surface area contributed by atoms with Crippen LogP contribution in [0.1, 0.15) is 20.3 Å². The molecule has 2 aromatic heterocycles. The Kier molecular flexibility index (Phi) is 4.71. The molecule has 1 aliphatic heterocycles. The van der Waals surface area contributed by atoms with Gasteiger partial charge in [0.15, 0.2) is 11.5 Å². The van der Waals surface area contributed by atoms with Crippen molar-refractivity contribution in [3.63, 3.8) is 0 Å². The fourth-order valence-electron chi connectivity index (χ4n) is 2.74. The van der Waals surface area contributed by atoms with Gasteiger partial charge in [-0.05, 0) is 13.3 Å². The number of carbonyl (C=O) groups excluding carboxylic acids is 1. The van der Waals surface area contributed by atoms with Crippen LogP contribution in [0.4, 0.5) is 5.82 Å². The van der Waals surface area contributed by atoms with E-state index in [1.807, 2.05) is 6.92 Å². The number of aromatic amines is 1. The van der Waals surface area contributed by atoms with Crippen molar-refractivity contribution in [1.29, 1.82) is 0 Å². The minimum Gasteiger partial charge on any atom is -0.353 e. The maximum absolute atomic E-state index is 12.0. The average Bonchev–Trinajstić information content (AvgIpc) is 3.04. The van der Waals surface area contributed by atoms with Crippen molar-refractivity contribution in [2.24, 2.45) is 0 Å². The van der Waals surface area contributed by atoms with Crippen molar-refractivity contribution in [3.8, 4) is 0 Å². The molecule has 1 fully saturated rings. The van der Waals surface area contributed by atoms with Gasteiger partial charge in [0.25, 0.3) is 0 Å². The summed E-state index contributed by atoms with van der Waals surface area (Å²) in [6, 6.07) is 0.235. The summed E-state index contributed by atoms with van der Waals surface area (Å²) < 4.78 is 0. The number of nitrogens with one attached hydrogen (secondary N) is 2. The van der Waals surface area contributed by atoms with Gasteiger partial charge in [-0.25, -0.2) is 15.0 Å². The largest absolute Gasteiger partial charge is 0.353 e. The Balaban J connectivity index is 1.56. The zero-order valence-electron chi connectivity index (χ0n) is 13.6. The Labute approximate surface area is 135 Å². The molecule has 0 aromatic carbocycles. The standard InChI is InChI=1S/C15H23N7O/c1-3-11(2)20-12(23)8-21-4-6-22(7-5-21)15-13-14(17-9-16-13)18-10-19-15/h9-11H,3-8H2,1-2H3,(H,20,23)(H,16,17,18,19). The maximum Gasteiger partial charge on any atom is 0.234 e. The van der Waals surface area contributed by atoms with Gasteiger partial charge in [-0.2, -0.15) is 0 Å². The fourth-order valence-corrected chi connectivity index (χ4v) is 2.74. The molecule has 2 aromatic rings. The second kappa shape index (κ2) is 6.91. The molecule has 3 heterocycles. The SMILES string of the molecule is CCC(C)NC(=O)CN1CCN(c2ncnc3nc[nH]c23)CC1. The first-order chi connectivity index (χ1) is 11.2. The van der Waals surface area contributed by atoms with Gasteiger partial charge >= 0.3 is 0 Å². The molecule has 8 heteroatoms. The first-order valence-corrected chi connectivity index (χ1v) is 8.08. The highest BCUT2D eigenvalue weighted by atomic mass is 16.2. The number of piperazine rings is 1. The molecule has 8 nitrogen and oxygen atoms in total. The predicted molar refractivity (Wildman–Crippen MR) is 88.2 cm³/mol. The zero-order chi connectivity index (χ0) is 16.2. The van der Waals surface area contributed by atoms with Crippen LogP contribution < -0.4 is 10.2 Å². The number of anilines is 1. The molecule has 1 aliphatic rings. The summed E-state index contributed by atoms with van der Waals surface area (Å²) in [7, 11) is 0. The summed E-state index contributed by atoms with van der Waals surface area (Å²) >= 11 is 0. The normalized spacial score (nSPS) is 17.4. The number of imidazole rings is 1. The van der Waals surface area contributed by atoms with E-state index in [9.17, 15) is 4.79 Å². The number of hydrogen-bond donors (Lipinski definition) is 2. The van der Waals surface area contributed by atoms with E-state index in [2.05, 4.69) is 42.0 Å². The van der Waals surface area contributed by atoms with Crippen LogP contribution in [0.5, 0.6) is 0 Å². The maximum atomic E-state index is 12.0. The fraction of sp³-hybridized carbons (Fsp3) is 0.600. The van der Waals surface area contributed by atoms with Crippen molar-refractivity contribution in [1.82, 2.24) is 30.2 Å². The predicted octanol–water partition coefficient (Wildman–Crippen LogP) is 0.390. The molecular formula is C15H23N7O. The minimum atomic E-state index is 0.103. The summed E-state index contributed by atoms with van der Waals surface area (Å²) in [6.07, 6.45) is 4.14. The van der Waals surface area contributed by atoms with Gasteiger partial charge in [0.05, 0.1) is 12.9 Å². The Morgan fingerprint density at radius 3 is 2.83 bits per heavy atom. The minimum absolute atomic E-state index is 0.103. The third-order valence-corrected chi connectivity index (χ3v) is 4.26. The Bertz CT molecular complexity index is 663. The lowest BCUT2D eigenvalue weighted by molar-refractivity contribution is -0.122. The molecule has 0 saturated carbocycles. The molecule has 0 bridgehead atoms. The molecule has 1 amide bonds. The van der Waals surface area contributed by atoms with E-state index in [0.717, 1.165) is 43.9 Å². The lowest BCUT2D eigenvalue weighted by Crippen LogP contribution is -2.50. The van der Waals surface area contributed by atoms with E-state index in [0.29, 0.717) is 12.2 Å². The second-order valence-corrected chi connectivity index (χ2v) is 5.94. The highest BCUT2D eigenvalue weighted by molar-refractivity contribution is 5.82. The van der Waals surface area contributed by atoms with Crippen molar-refractivity contribution < 1.29 is 4.79 Å². The number of nitrogens with zero attached hydrogens (tertiary/aromatic N) is 5. The van der Waals surface area contributed by atoms with E-state index in [-0.39, 0.29) is 11.9 Å². The van der Waals surface area contributed by atoms with Gasteiger partial charge in [0.2, 0.25) is 5.91 Å². The summed E-state index contributed by atoms with van der Waals surface area (Å²) in [5.41, 5.74) is 1.56. The molecular weight excluding hydrogens is 294 g/mol. The Hall–Kier alpha value is -2.22. The highest BCUT2D eigenvalue weighted by Gasteiger charge is 2.22. The Morgan fingerprint density at radius 1 is 1.30 bits per heavy atom. The van der Waals surface area contributed by atoms with Crippen LogP contribution in [-0.2, 0) is 4.79 Å². The monoisotopic (exact) mass is 317 g/mol. The molecule has 1 atom stereocenters. The van der Waals surface area contributed by atoms with Gasteiger partial charge < -0.3 is 15.2 Å². The number of aromatic nitrogens is 4. The average molecular weight is 317 g/mol. The van der Waals surface area contributed by atoms with Crippen LogP contribution in [0.3, 0.4) is 0 Å².